The van der Waals surface area contributed by atoms with Crippen molar-refractivity contribution in [2.45, 2.75) is 11.7 Å². The zero-order valence-electron chi connectivity index (χ0n) is 13.5. The van der Waals surface area contributed by atoms with E-state index in [0.29, 0.717) is 4.90 Å². The fraction of sp³-hybridized carbons (Fsp3) is 0.158. The number of urea groups is 1. The van der Waals surface area contributed by atoms with Crippen LogP contribution in [0, 0.1) is 0 Å². The minimum absolute atomic E-state index is 0.260. The highest BCUT2D eigenvalue weighted by atomic mass is 19.4. The monoisotopic (exact) mass is 360 g/mol. The van der Waals surface area contributed by atoms with E-state index in [9.17, 15) is 22.8 Å². The standard InChI is InChI=1S/C19H15F3N2O2/c20-19(21,22)18(15-11-5-2-6-12-15)16(25)24(17(26)23-18)13-7-10-14-8-3-1-4-9-14/h1-12H,13H2,(H,23,26)/b10-7+/t18-/m1/s1. The first-order chi connectivity index (χ1) is 12.4. The molecule has 3 amide bonds. The third-order valence-electron chi connectivity index (χ3n) is 4.14. The third kappa shape index (κ3) is 2.96. The number of nitrogens with one attached hydrogen (secondary N) is 1. The number of alkyl halides is 3. The van der Waals surface area contributed by atoms with E-state index >= 15 is 0 Å². The van der Waals surface area contributed by atoms with Crippen molar-refractivity contribution in [3.05, 3.63) is 77.9 Å². The van der Waals surface area contributed by atoms with Gasteiger partial charge in [-0.05, 0) is 11.1 Å². The van der Waals surface area contributed by atoms with Gasteiger partial charge < -0.3 is 5.32 Å². The lowest BCUT2D eigenvalue weighted by atomic mass is 9.89. The molecule has 2 aromatic rings. The average Bonchev–Trinajstić information content (AvgIpc) is 2.89. The first-order valence-corrected chi connectivity index (χ1v) is 7.84. The van der Waals surface area contributed by atoms with Gasteiger partial charge in [-0.1, -0.05) is 72.8 Å². The van der Waals surface area contributed by atoms with Crippen LogP contribution in [-0.2, 0) is 10.3 Å². The van der Waals surface area contributed by atoms with Gasteiger partial charge in [0.1, 0.15) is 0 Å². The summed E-state index contributed by atoms with van der Waals surface area (Å²) in [5, 5.41) is 1.85. The van der Waals surface area contributed by atoms with E-state index in [1.54, 1.807) is 30.3 Å². The van der Waals surface area contributed by atoms with Crippen LogP contribution < -0.4 is 5.32 Å². The number of hydrogen-bond acceptors (Lipinski definition) is 2. The smallest absolute Gasteiger partial charge is 0.312 e. The Balaban J connectivity index is 1.90. The minimum Gasteiger partial charge on any atom is -0.312 e. The molecule has 0 unspecified atom stereocenters. The molecule has 1 aliphatic rings. The Morgan fingerprint density at radius 2 is 1.54 bits per heavy atom. The topological polar surface area (TPSA) is 49.4 Å². The van der Waals surface area contributed by atoms with Gasteiger partial charge in [-0.2, -0.15) is 13.2 Å². The number of amides is 3. The molecule has 0 radical (unpaired) electrons. The van der Waals surface area contributed by atoms with Crippen molar-refractivity contribution in [1.82, 2.24) is 10.2 Å². The SMILES string of the molecule is O=C1N[C@@](c2ccccc2)(C(F)(F)F)C(=O)N1C/C=C/c1ccccc1. The third-order valence-corrected chi connectivity index (χ3v) is 4.14. The van der Waals surface area contributed by atoms with Gasteiger partial charge in [0.2, 0.25) is 5.54 Å². The molecule has 1 aliphatic heterocycles. The Morgan fingerprint density at radius 1 is 0.962 bits per heavy atom. The molecule has 1 saturated heterocycles. The van der Waals surface area contributed by atoms with Gasteiger partial charge in [0.05, 0.1) is 0 Å². The molecule has 2 aromatic carbocycles. The summed E-state index contributed by atoms with van der Waals surface area (Å²) in [7, 11) is 0. The van der Waals surface area contributed by atoms with Crippen LogP contribution in [0.3, 0.4) is 0 Å². The van der Waals surface area contributed by atoms with Gasteiger partial charge in [-0.3, -0.25) is 9.69 Å². The molecule has 26 heavy (non-hydrogen) atoms. The maximum absolute atomic E-state index is 13.8. The van der Waals surface area contributed by atoms with E-state index < -0.39 is 23.7 Å². The molecular weight excluding hydrogens is 345 g/mol. The molecule has 7 heteroatoms. The Morgan fingerprint density at radius 3 is 2.12 bits per heavy atom. The van der Waals surface area contributed by atoms with Crippen LogP contribution in [-0.4, -0.2) is 29.6 Å². The second kappa shape index (κ2) is 6.67. The van der Waals surface area contributed by atoms with E-state index in [2.05, 4.69) is 0 Å². The predicted molar refractivity (Wildman–Crippen MR) is 89.9 cm³/mol. The molecule has 134 valence electrons. The average molecular weight is 360 g/mol. The molecule has 1 fully saturated rings. The van der Waals surface area contributed by atoms with Crippen LogP contribution in [0.15, 0.2) is 66.7 Å². The number of hydrogen-bond donors (Lipinski definition) is 1. The van der Waals surface area contributed by atoms with E-state index in [4.69, 9.17) is 0 Å². The van der Waals surface area contributed by atoms with Gasteiger partial charge in [-0.15, -0.1) is 0 Å². The first kappa shape index (κ1) is 17.7. The number of benzene rings is 2. The minimum atomic E-state index is -4.97. The lowest BCUT2D eigenvalue weighted by molar-refractivity contribution is -0.198. The largest absolute Gasteiger partial charge is 0.425 e. The normalized spacial score (nSPS) is 20.7. The molecule has 0 saturated carbocycles. The molecule has 0 aromatic heterocycles. The van der Waals surface area contributed by atoms with E-state index in [1.165, 1.54) is 36.4 Å². The molecule has 0 spiro atoms. The van der Waals surface area contributed by atoms with Gasteiger partial charge in [0.15, 0.2) is 0 Å². The van der Waals surface area contributed by atoms with Crippen LogP contribution in [0.4, 0.5) is 18.0 Å². The zero-order valence-corrected chi connectivity index (χ0v) is 13.5. The fourth-order valence-corrected chi connectivity index (χ4v) is 2.84. The summed E-state index contributed by atoms with van der Waals surface area (Å²) in [6, 6.07) is 14.6. The van der Waals surface area contributed by atoms with Gasteiger partial charge >= 0.3 is 12.2 Å². The lowest BCUT2D eigenvalue weighted by Crippen LogP contribution is -2.55. The highest BCUT2D eigenvalue weighted by Gasteiger charge is 2.68. The molecule has 0 aliphatic carbocycles. The van der Waals surface area contributed by atoms with E-state index in [-0.39, 0.29) is 12.1 Å². The second-order valence-electron chi connectivity index (χ2n) is 5.77. The van der Waals surface area contributed by atoms with Crippen molar-refractivity contribution in [3.63, 3.8) is 0 Å². The summed E-state index contributed by atoms with van der Waals surface area (Å²) in [5.74, 6) is -1.33. The van der Waals surface area contributed by atoms with Crippen LogP contribution in [0.5, 0.6) is 0 Å². The van der Waals surface area contributed by atoms with Crippen molar-refractivity contribution < 1.29 is 22.8 Å². The van der Waals surface area contributed by atoms with Crippen molar-refractivity contribution in [2.75, 3.05) is 6.54 Å². The van der Waals surface area contributed by atoms with Crippen molar-refractivity contribution in [1.29, 1.82) is 0 Å². The molecular formula is C19H15F3N2O2. The van der Waals surface area contributed by atoms with Gasteiger partial charge in [0.25, 0.3) is 5.91 Å². The Bertz CT molecular complexity index is 835. The molecule has 1 atom stereocenters. The fourth-order valence-electron chi connectivity index (χ4n) is 2.84. The summed E-state index contributed by atoms with van der Waals surface area (Å²) in [4.78, 5) is 25.3. The lowest BCUT2D eigenvalue weighted by Gasteiger charge is -2.29. The Kier molecular flexibility index (Phi) is 4.54. The van der Waals surface area contributed by atoms with Crippen molar-refractivity contribution in [2.24, 2.45) is 0 Å². The van der Waals surface area contributed by atoms with Crippen LogP contribution in [0.25, 0.3) is 6.08 Å². The summed E-state index contributed by atoms with van der Waals surface area (Å²) in [5.41, 5.74) is -2.57. The Labute approximate surface area is 147 Å². The van der Waals surface area contributed by atoms with E-state index in [0.717, 1.165) is 5.56 Å². The van der Waals surface area contributed by atoms with Crippen LogP contribution in [0.1, 0.15) is 11.1 Å². The Hall–Kier alpha value is -3.09. The first-order valence-electron chi connectivity index (χ1n) is 7.84. The molecule has 1 N–H and O–H groups in total. The van der Waals surface area contributed by atoms with Crippen molar-refractivity contribution >= 4 is 18.0 Å². The highest BCUT2D eigenvalue weighted by molar-refractivity contribution is 6.08. The summed E-state index contributed by atoms with van der Waals surface area (Å²) < 4.78 is 41.4. The number of carbonyl (C=O) groups excluding carboxylic acids is 2. The highest BCUT2D eigenvalue weighted by Crippen LogP contribution is 2.43. The molecule has 4 nitrogen and oxygen atoms in total. The molecule has 0 bridgehead atoms. The quantitative estimate of drug-likeness (QED) is 0.845. The predicted octanol–water partition coefficient (Wildman–Crippen LogP) is 3.71. The maximum Gasteiger partial charge on any atom is 0.425 e. The number of nitrogens with zero attached hydrogens (tertiary/aromatic N) is 1. The van der Waals surface area contributed by atoms with Crippen LogP contribution in [0.2, 0.25) is 0 Å². The number of imide groups is 1. The van der Waals surface area contributed by atoms with Gasteiger partial charge in [-0.25, -0.2) is 4.79 Å². The molecule has 3 rings (SSSR count). The van der Waals surface area contributed by atoms with Crippen LogP contribution >= 0.6 is 0 Å². The number of rotatable bonds is 4. The van der Waals surface area contributed by atoms with Gasteiger partial charge in [0, 0.05) is 6.54 Å². The second-order valence-corrected chi connectivity index (χ2v) is 5.77. The zero-order chi connectivity index (χ0) is 18.8. The number of carbonyl (C=O) groups is 2. The summed E-state index contributed by atoms with van der Waals surface area (Å²) in [6.07, 6.45) is -1.86. The maximum atomic E-state index is 13.8. The van der Waals surface area contributed by atoms with E-state index in [1.807, 2.05) is 11.4 Å². The van der Waals surface area contributed by atoms with Crippen molar-refractivity contribution in [3.8, 4) is 0 Å². The summed E-state index contributed by atoms with van der Waals surface area (Å²) >= 11 is 0. The molecule has 1 heterocycles. The summed E-state index contributed by atoms with van der Waals surface area (Å²) in [6.45, 7) is -0.260. The number of halogens is 3.